The molecule has 0 spiro atoms. The summed E-state index contributed by atoms with van der Waals surface area (Å²) in [5.41, 5.74) is 7.29. The van der Waals surface area contributed by atoms with Crippen LogP contribution >= 0.6 is 0 Å². The maximum atomic E-state index is 13.1. The molecule has 0 heterocycles. The third-order valence-electron chi connectivity index (χ3n) is 3.60. The van der Waals surface area contributed by atoms with Crippen molar-refractivity contribution in [1.82, 2.24) is 0 Å². The fourth-order valence-corrected chi connectivity index (χ4v) is 4.20. The van der Waals surface area contributed by atoms with E-state index in [1.54, 1.807) is 6.07 Å². The van der Waals surface area contributed by atoms with Crippen LogP contribution in [-0.4, -0.2) is 9.96 Å². The van der Waals surface area contributed by atoms with Crippen molar-refractivity contribution >= 4 is 10.8 Å². The van der Waals surface area contributed by atoms with Gasteiger partial charge < -0.3 is 5.73 Å². The summed E-state index contributed by atoms with van der Waals surface area (Å²) in [6.45, 7) is 0.299. The van der Waals surface area contributed by atoms with Gasteiger partial charge >= 0.3 is 0 Å². The molecular weight excluding hydrogens is 249 g/mol. The third kappa shape index (κ3) is 3.62. The molecular formula is C14H20FNOS. The van der Waals surface area contributed by atoms with E-state index in [0.717, 1.165) is 16.9 Å². The topological polar surface area (TPSA) is 43.1 Å². The fourth-order valence-electron chi connectivity index (χ4n) is 2.60. The van der Waals surface area contributed by atoms with Crippen molar-refractivity contribution in [3.05, 3.63) is 35.1 Å². The zero-order chi connectivity index (χ0) is 13.0. The molecule has 100 valence electrons. The Morgan fingerprint density at radius 3 is 2.67 bits per heavy atom. The Morgan fingerprint density at radius 1 is 1.28 bits per heavy atom. The van der Waals surface area contributed by atoms with Gasteiger partial charge in [-0.15, -0.1) is 0 Å². The molecule has 1 saturated carbocycles. The van der Waals surface area contributed by atoms with Gasteiger partial charge in [0.2, 0.25) is 0 Å². The van der Waals surface area contributed by atoms with E-state index in [2.05, 4.69) is 0 Å². The summed E-state index contributed by atoms with van der Waals surface area (Å²) in [5, 5.41) is 0. The lowest BCUT2D eigenvalue weighted by atomic mass is 10.1. The molecule has 0 saturated heterocycles. The van der Waals surface area contributed by atoms with Gasteiger partial charge in [0.15, 0.2) is 0 Å². The van der Waals surface area contributed by atoms with Gasteiger partial charge in [-0.05, 0) is 42.0 Å². The van der Waals surface area contributed by atoms with Gasteiger partial charge in [-0.2, -0.15) is 0 Å². The zero-order valence-electron chi connectivity index (χ0n) is 10.5. The Balaban J connectivity index is 1.97. The second kappa shape index (κ2) is 6.43. The number of halogens is 1. The van der Waals surface area contributed by atoms with Crippen LogP contribution in [0.15, 0.2) is 18.2 Å². The van der Waals surface area contributed by atoms with Crippen molar-refractivity contribution < 1.29 is 8.60 Å². The second-order valence-corrected chi connectivity index (χ2v) is 6.52. The minimum atomic E-state index is -0.857. The van der Waals surface area contributed by atoms with E-state index in [1.807, 2.05) is 0 Å². The van der Waals surface area contributed by atoms with Gasteiger partial charge in [-0.3, -0.25) is 4.21 Å². The molecule has 1 aliphatic rings. The van der Waals surface area contributed by atoms with E-state index in [-0.39, 0.29) is 5.82 Å². The quantitative estimate of drug-likeness (QED) is 0.893. The fraction of sp³-hybridized carbons (Fsp3) is 0.571. The predicted molar refractivity (Wildman–Crippen MR) is 73.0 cm³/mol. The molecule has 0 aliphatic heterocycles. The van der Waals surface area contributed by atoms with Crippen molar-refractivity contribution in [2.24, 2.45) is 11.7 Å². The van der Waals surface area contributed by atoms with Crippen LogP contribution < -0.4 is 5.73 Å². The van der Waals surface area contributed by atoms with E-state index in [9.17, 15) is 8.60 Å². The molecule has 0 amide bonds. The van der Waals surface area contributed by atoms with Crippen LogP contribution in [0.5, 0.6) is 0 Å². The smallest absolute Gasteiger partial charge is 0.123 e. The molecule has 2 nitrogen and oxygen atoms in total. The minimum Gasteiger partial charge on any atom is -0.326 e. The third-order valence-corrected chi connectivity index (χ3v) is 5.08. The highest BCUT2D eigenvalue weighted by Crippen LogP contribution is 2.26. The van der Waals surface area contributed by atoms with Crippen molar-refractivity contribution in [2.45, 2.75) is 38.0 Å². The lowest BCUT2D eigenvalue weighted by Crippen LogP contribution is -2.11. The molecule has 2 rings (SSSR count). The Bertz CT molecular complexity index is 430. The van der Waals surface area contributed by atoms with Gasteiger partial charge in [0.25, 0.3) is 0 Å². The van der Waals surface area contributed by atoms with Gasteiger partial charge in [0, 0.05) is 28.9 Å². The summed E-state index contributed by atoms with van der Waals surface area (Å²) < 4.78 is 25.2. The number of hydrogen-bond acceptors (Lipinski definition) is 2. The molecule has 2 N–H and O–H groups in total. The summed E-state index contributed by atoms with van der Waals surface area (Å²) in [6, 6.07) is 4.58. The van der Waals surface area contributed by atoms with Crippen LogP contribution in [-0.2, 0) is 23.1 Å². The molecule has 18 heavy (non-hydrogen) atoms. The van der Waals surface area contributed by atoms with Crippen LogP contribution in [0.1, 0.15) is 36.8 Å². The average Bonchev–Trinajstić information content (AvgIpc) is 2.84. The minimum absolute atomic E-state index is 0.277. The van der Waals surface area contributed by atoms with E-state index >= 15 is 0 Å². The number of rotatable bonds is 5. The molecule has 4 heteroatoms. The first-order valence-electron chi connectivity index (χ1n) is 6.51. The predicted octanol–water partition coefficient (Wildman–Crippen LogP) is 2.72. The number of benzene rings is 1. The summed E-state index contributed by atoms with van der Waals surface area (Å²) in [4.78, 5) is 0. The van der Waals surface area contributed by atoms with Crippen LogP contribution in [0.3, 0.4) is 0 Å². The van der Waals surface area contributed by atoms with Gasteiger partial charge in [-0.25, -0.2) is 4.39 Å². The van der Waals surface area contributed by atoms with Crippen LogP contribution in [0.4, 0.5) is 4.39 Å². The lowest BCUT2D eigenvalue weighted by Gasteiger charge is -2.11. The molecule has 0 bridgehead atoms. The maximum Gasteiger partial charge on any atom is 0.123 e. The maximum absolute atomic E-state index is 13.1. The highest BCUT2D eigenvalue weighted by atomic mass is 32.2. The molecule has 1 fully saturated rings. The normalized spacial score (nSPS) is 18.1. The van der Waals surface area contributed by atoms with Crippen LogP contribution in [0, 0.1) is 11.7 Å². The van der Waals surface area contributed by atoms with Crippen LogP contribution in [0.2, 0.25) is 0 Å². The molecule has 1 aromatic rings. The molecule has 0 aromatic heterocycles. The van der Waals surface area contributed by atoms with E-state index in [0.29, 0.717) is 18.2 Å². The van der Waals surface area contributed by atoms with Gasteiger partial charge in [0.05, 0.1) is 0 Å². The second-order valence-electron chi connectivity index (χ2n) is 5.02. The highest BCUT2D eigenvalue weighted by molar-refractivity contribution is 7.84. The molecule has 1 aliphatic carbocycles. The first-order valence-corrected chi connectivity index (χ1v) is 8.00. The largest absolute Gasteiger partial charge is 0.326 e. The first kappa shape index (κ1) is 13.7. The molecule has 1 atom stereocenters. The Kier molecular flexibility index (Phi) is 4.89. The molecule has 0 radical (unpaired) electrons. The lowest BCUT2D eigenvalue weighted by molar-refractivity contribution is 0.604. The van der Waals surface area contributed by atoms with Crippen LogP contribution in [0.25, 0.3) is 0 Å². The number of hydrogen-bond donors (Lipinski definition) is 1. The van der Waals surface area contributed by atoms with Crippen molar-refractivity contribution in [3.63, 3.8) is 0 Å². The molecule has 1 aromatic carbocycles. The number of nitrogens with two attached hydrogens (primary N) is 1. The van der Waals surface area contributed by atoms with Gasteiger partial charge in [0.1, 0.15) is 5.82 Å². The molecule has 1 unspecified atom stereocenters. The Hall–Kier alpha value is -0.740. The first-order chi connectivity index (χ1) is 8.69. The van der Waals surface area contributed by atoms with E-state index in [4.69, 9.17) is 5.73 Å². The summed E-state index contributed by atoms with van der Waals surface area (Å²) in [7, 11) is -0.857. The Labute approximate surface area is 110 Å². The summed E-state index contributed by atoms with van der Waals surface area (Å²) in [5.74, 6) is 1.62. The summed E-state index contributed by atoms with van der Waals surface area (Å²) in [6.07, 6.45) is 4.96. The van der Waals surface area contributed by atoms with Gasteiger partial charge in [-0.1, -0.05) is 18.9 Å². The SMILES string of the molecule is NCc1cc(F)ccc1CS(=O)CC1CCCC1. The van der Waals surface area contributed by atoms with Crippen molar-refractivity contribution in [1.29, 1.82) is 0 Å². The van der Waals surface area contributed by atoms with E-state index < -0.39 is 10.8 Å². The average molecular weight is 269 g/mol. The highest BCUT2D eigenvalue weighted by Gasteiger charge is 2.18. The summed E-state index contributed by atoms with van der Waals surface area (Å²) >= 11 is 0. The zero-order valence-corrected chi connectivity index (χ0v) is 11.3. The monoisotopic (exact) mass is 269 g/mol. The Morgan fingerprint density at radius 2 is 2.00 bits per heavy atom. The van der Waals surface area contributed by atoms with E-state index in [1.165, 1.54) is 37.8 Å². The standard InChI is InChI=1S/C14H20FNOS/c15-14-6-5-12(13(7-14)8-16)10-18(17)9-11-3-1-2-4-11/h5-7,11H,1-4,8-10,16H2. The van der Waals surface area contributed by atoms with Crippen molar-refractivity contribution in [2.75, 3.05) is 5.75 Å². The van der Waals surface area contributed by atoms with Crippen molar-refractivity contribution in [3.8, 4) is 0 Å².